The summed E-state index contributed by atoms with van der Waals surface area (Å²) in [4.78, 5) is 15.2. The summed E-state index contributed by atoms with van der Waals surface area (Å²) < 4.78 is 29.3. The number of methoxy groups -OCH3 is 1. The molecule has 0 aliphatic carbocycles. The highest BCUT2D eigenvalue weighted by Crippen LogP contribution is 2.31. The van der Waals surface area contributed by atoms with Crippen LogP contribution in [0.25, 0.3) is 11.1 Å². The van der Waals surface area contributed by atoms with Crippen molar-refractivity contribution < 1.29 is 23.1 Å². The van der Waals surface area contributed by atoms with E-state index in [-0.39, 0.29) is 18.3 Å². The van der Waals surface area contributed by atoms with Crippen LogP contribution in [-0.2, 0) is 6.61 Å². The van der Waals surface area contributed by atoms with Crippen LogP contribution >= 0.6 is 0 Å². The molecule has 0 aliphatic heterocycles. The lowest BCUT2D eigenvalue weighted by molar-refractivity contribution is 0.111. The first kappa shape index (κ1) is 14.1. The number of aromatic nitrogens is 1. The Kier molecular flexibility index (Phi) is 3.74. The normalized spacial score (nSPS) is 10.6. The molecule has 0 amide bonds. The van der Waals surface area contributed by atoms with E-state index in [1.165, 1.54) is 25.3 Å². The van der Waals surface area contributed by atoms with Crippen molar-refractivity contribution in [2.75, 3.05) is 7.11 Å². The first-order valence-electron chi connectivity index (χ1n) is 6.51. The van der Waals surface area contributed by atoms with Crippen molar-refractivity contribution in [2.24, 2.45) is 0 Å². The van der Waals surface area contributed by atoms with Gasteiger partial charge >= 0.3 is 0 Å². The average molecular weight is 301 g/mol. The third-order valence-corrected chi connectivity index (χ3v) is 3.09. The molecule has 0 N–H and O–H groups in total. The van der Waals surface area contributed by atoms with Gasteiger partial charge in [0.1, 0.15) is 11.3 Å². The van der Waals surface area contributed by atoms with Gasteiger partial charge < -0.3 is 13.9 Å². The van der Waals surface area contributed by atoms with Crippen LogP contribution in [-0.4, -0.2) is 18.4 Å². The summed E-state index contributed by atoms with van der Waals surface area (Å²) in [5, 5.41) is 0. The summed E-state index contributed by atoms with van der Waals surface area (Å²) in [5.41, 5.74) is 1.24. The smallest absolute Gasteiger partial charge is 0.233 e. The number of aldehydes is 1. The molecule has 0 spiro atoms. The van der Waals surface area contributed by atoms with E-state index in [4.69, 9.17) is 13.9 Å². The van der Waals surface area contributed by atoms with Crippen LogP contribution in [0.5, 0.6) is 11.5 Å². The minimum Gasteiger partial charge on any atom is -0.493 e. The number of hydrogen-bond donors (Lipinski definition) is 0. The second-order valence-electron chi connectivity index (χ2n) is 4.50. The summed E-state index contributed by atoms with van der Waals surface area (Å²) >= 11 is 0. The molecule has 0 bridgehead atoms. The molecule has 3 aromatic rings. The molecular weight excluding hydrogens is 289 g/mol. The van der Waals surface area contributed by atoms with Crippen molar-refractivity contribution in [2.45, 2.75) is 6.61 Å². The maximum Gasteiger partial charge on any atom is 0.233 e. The third kappa shape index (κ3) is 2.63. The summed E-state index contributed by atoms with van der Waals surface area (Å²) in [6, 6.07) is 9.07. The van der Waals surface area contributed by atoms with E-state index in [0.29, 0.717) is 34.4 Å². The topological polar surface area (TPSA) is 61.6 Å². The second kappa shape index (κ2) is 5.85. The van der Waals surface area contributed by atoms with Crippen molar-refractivity contribution >= 4 is 17.4 Å². The molecule has 3 rings (SSSR count). The fraction of sp³-hybridized carbons (Fsp3) is 0.125. The monoisotopic (exact) mass is 301 g/mol. The zero-order valence-corrected chi connectivity index (χ0v) is 11.7. The highest BCUT2D eigenvalue weighted by molar-refractivity contribution is 5.81. The van der Waals surface area contributed by atoms with E-state index >= 15 is 0 Å². The van der Waals surface area contributed by atoms with Crippen molar-refractivity contribution in [3.05, 3.63) is 53.7 Å². The largest absolute Gasteiger partial charge is 0.493 e. The molecule has 0 radical (unpaired) electrons. The van der Waals surface area contributed by atoms with Crippen LogP contribution < -0.4 is 9.47 Å². The van der Waals surface area contributed by atoms with Gasteiger partial charge in [-0.3, -0.25) is 4.79 Å². The number of para-hydroxylation sites is 1. The van der Waals surface area contributed by atoms with E-state index < -0.39 is 0 Å². The molecule has 1 heterocycles. The Morgan fingerprint density at radius 3 is 2.95 bits per heavy atom. The first-order chi connectivity index (χ1) is 10.7. The Labute approximate surface area is 125 Å². The van der Waals surface area contributed by atoms with Gasteiger partial charge in [0.05, 0.1) is 12.7 Å². The minimum atomic E-state index is -0.388. The summed E-state index contributed by atoms with van der Waals surface area (Å²) in [6.45, 7) is -0.00247. The number of oxazole rings is 1. The maximum absolute atomic E-state index is 13.1. The van der Waals surface area contributed by atoms with Gasteiger partial charge in [-0.15, -0.1) is 0 Å². The molecule has 1 aromatic heterocycles. The molecule has 0 atom stereocenters. The Bertz CT molecular complexity index is 828. The molecule has 22 heavy (non-hydrogen) atoms. The minimum absolute atomic E-state index is 0.00247. The Balaban J connectivity index is 1.86. The number of nitrogens with zero attached hydrogens (tertiary/aromatic N) is 1. The predicted octanol–water partition coefficient (Wildman–Crippen LogP) is 3.37. The van der Waals surface area contributed by atoms with Gasteiger partial charge in [-0.05, 0) is 24.3 Å². The molecule has 0 unspecified atom stereocenters. The number of hydrogen-bond acceptors (Lipinski definition) is 5. The molecule has 0 saturated heterocycles. The molecule has 0 saturated carbocycles. The number of fused-ring (bicyclic) bond motifs is 1. The van der Waals surface area contributed by atoms with Crippen molar-refractivity contribution in [3.63, 3.8) is 0 Å². The molecule has 6 heteroatoms. The third-order valence-electron chi connectivity index (χ3n) is 3.09. The van der Waals surface area contributed by atoms with Gasteiger partial charge in [-0.1, -0.05) is 6.07 Å². The Morgan fingerprint density at radius 1 is 1.32 bits per heavy atom. The summed E-state index contributed by atoms with van der Waals surface area (Å²) in [5.74, 6) is 0.643. The number of benzene rings is 2. The zero-order valence-electron chi connectivity index (χ0n) is 11.7. The van der Waals surface area contributed by atoms with Gasteiger partial charge in [0.25, 0.3) is 0 Å². The lowest BCUT2D eigenvalue weighted by Gasteiger charge is -2.10. The molecule has 5 nitrogen and oxygen atoms in total. The fourth-order valence-corrected chi connectivity index (χ4v) is 2.08. The lowest BCUT2D eigenvalue weighted by Crippen LogP contribution is -2.00. The summed E-state index contributed by atoms with van der Waals surface area (Å²) in [7, 11) is 1.49. The van der Waals surface area contributed by atoms with Gasteiger partial charge in [-0.25, -0.2) is 9.37 Å². The number of halogens is 1. The average Bonchev–Trinajstić information content (AvgIpc) is 2.94. The van der Waals surface area contributed by atoms with E-state index in [1.807, 2.05) is 0 Å². The Hall–Kier alpha value is -2.89. The summed E-state index contributed by atoms with van der Waals surface area (Å²) in [6.07, 6.45) is 0.680. The van der Waals surface area contributed by atoms with Crippen LogP contribution in [0.4, 0.5) is 4.39 Å². The van der Waals surface area contributed by atoms with Gasteiger partial charge in [-0.2, -0.15) is 0 Å². The zero-order chi connectivity index (χ0) is 15.5. The van der Waals surface area contributed by atoms with E-state index in [9.17, 15) is 9.18 Å². The number of carbonyl (C=O) groups is 1. The molecule has 2 aromatic carbocycles. The van der Waals surface area contributed by atoms with Crippen molar-refractivity contribution in [1.82, 2.24) is 4.98 Å². The lowest BCUT2D eigenvalue weighted by atomic mass is 10.2. The fourth-order valence-electron chi connectivity index (χ4n) is 2.08. The molecular formula is C16H12FNO4. The van der Waals surface area contributed by atoms with E-state index in [2.05, 4.69) is 4.98 Å². The van der Waals surface area contributed by atoms with E-state index in [1.54, 1.807) is 18.2 Å². The molecule has 0 fully saturated rings. The highest BCUT2D eigenvalue weighted by Gasteiger charge is 2.13. The van der Waals surface area contributed by atoms with Crippen LogP contribution in [0.15, 0.2) is 40.8 Å². The quantitative estimate of drug-likeness (QED) is 0.676. The molecule has 112 valence electrons. The number of rotatable bonds is 5. The van der Waals surface area contributed by atoms with Crippen molar-refractivity contribution in [3.8, 4) is 11.5 Å². The van der Waals surface area contributed by atoms with Crippen molar-refractivity contribution in [1.29, 1.82) is 0 Å². The maximum atomic E-state index is 13.1. The molecule has 0 aliphatic rings. The van der Waals surface area contributed by atoms with Gasteiger partial charge in [0.2, 0.25) is 5.89 Å². The number of ether oxygens (including phenoxy) is 2. The van der Waals surface area contributed by atoms with Crippen LogP contribution in [0.1, 0.15) is 16.2 Å². The Morgan fingerprint density at radius 2 is 2.18 bits per heavy atom. The van der Waals surface area contributed by atoms with Gasteiger partial charge in [0.15, 0.2) is 30.0 Å². The van der Waals surface area contributed by atoms with E-state index in [0.717, 1.165) is 0 Å². The highest BCUT2D eigenvalue weighted by atomic mass is 19.1. The first-order valence-corrected chi connectivity index (χ1v) is 6.51. The van der Waals surface area contributed by atoms with Crippen LogP contribution in [0.2, 0.25) is 0 Å². The predicted molar refractivity (Wildman–Crippen MR) is 76.7 cm³/mol. The second-order valence-corrected chi connectivity index (χ2v) is 4.50. The number of carbonyl (C=O) groups excluding carboxylic acids is 1. The van der Waals surface area contributed by atoms with Gasteiger partial charge in [0, 0.05) is 6.07 Å². The SMILES string of the molecule is COc1cccc(C=O)c1OCc1nc2cc(F)ccc2o1. The van der Waals surface area contributed by atoms with Crippen LogP contribution in [0.3, 0.4) is 0 Å². The van der Waals surface area contributed by atoms with Crippen LogP contribution in [0, 0.1) is 5.82 Å². The standard InChI is InChI=1S/C16H12FNO4/c1-20-14-4-2-3-10(8-19)16(14)21-9-15-18-12-7-11(17)5-6-13(12)22-15/h2-8H,9H2,1H3.